The smallest absolute Gasteiger partial charge is 0.227 e. The number of fused-ring (bicyclic) bond motifs is 1. The van der Waals surface area contributed by atoms with Crippen LogP contribution in [0.2, 0.25) is 0 Å². The molecule has 1 aliphatic heterocycles. The van der Waals surface area contributed by atoms with Gasteiger partial charge in [0.1, 0.15) is 5.75 Å². The minimum absolute atomic E-state index is 0.171. The van der Waals surface area contributed by atoms with E-state index in [1.165, 1.54) is 12.0 Å². The van der Waals surface area contributed by atoms with Gasteiger partial charge in [0.2, 0.25) is 5.91 Å². The van der Waals surface area contributed by atoms with E-state index in [1.807, 2.05) is 18.2 Å². The van der Waals surface area contributed by atoms with Gasteiger partial charge in [-0.2, -0.15) is 0 Å². The Hall–Kier alpha value is -1.51. The highest BCUT2D eigenvalue weighted by atomic mass is 16.5. The average Bonchev–Trinajstić information content (AvgIpc) is 2.61. The van der Waals surface area contributed by atoms with Gasteiger partial charge in [-0.25, -0.2) is 0 Å². The first-order valence-electron chi connectivity index (χ1n) is 5.89. The van der Waals surface area contributed by atoms with E-state index in [0.29, 0.717) is 0 Å². The van der Waals surface area contributed by atoms with Crippen molar-refractivity contribution in [1.82, 2.24) is 0 Å². The van der Waals surface area contributed by atoms with Crippen LogP contribution in [0, 0.1) is 5.92 Å². The molecule has 16 heavy (non-hydrogen) atoms. The van der Waals surface area contributed by atoms with Crippen molar-refractivity contribution in [3.63, 3.8) is 0 Å². The van der Waals surface area contributed by atoms with Gasteiger partial charge in [-0.05, 0) is 36.6 Å². The first-order chi connectivity index (χ1) is 7.83. The Bertz CT molecular complexity index is 424. The molecule has 0 aromatic heterocycles. The summed E-state index contributed by atoms with van der Waals surface area (Å²) in [5.41, 5.74) is 2.10. The zero-order valence-corrected chi connectivity index (χ0v) is 9.16. The van der Waals surface area contributed by atoms with Crippen LogP contribution in [0.4, 0.5) is 5.69 Å². The molecule has 1 amide bonds. The molecule has 1 fully saturated rings. The number of amides is 1. The second kappa shape index (κ2) is 3.81. The first-order valence-corrected chi connectivity index (χ1v) is 5.89. The summed E-state index contributed by atoms with van der Waals surface area (Å²) in [7, 11) is 0. The van der Waals surface area contributed by atoms with Gasteiger partial charge >= 0.3 is 0 Å². The van der Waals surface area contributed by atoms with Crippen LogP contribution in [-0.2, 0) is 11.2 Å². The Morgan fingerprint density at radius 2 is 2.25 bits per heavy atom. The van der Waals surface area contributed by atoms with Crippen molar-refractivity contribution in [2.75, 3.05) is 11.9 Å². The summed E-state index contributed by atoms with van der Waals surface area (Å²) < 4.78 is 5.43. The van der Waals surface area contributed by atoms with E-state index in [0.717, 1.165) is 37.3 Å². The van der Waals surface area contributed by atoms with Crippen LogP contribution in [-0.4, -0.2) is 12.5 Å². The topological polar surface area (TPSA) is 38.3 Å². The number of benzene rings is 1. The number of hydrogen-bond donors (Lipinski definition) is 1. The normalized spacial score (nSPS) is 18.5. The van der Waals surface area contributed by atoms with Gasteiger partial charge in [-0.15, -0.1) is 0 Å². The summed E-state index contributed by atoms with van der Waals surface area (Å²) in [5.74, 6) is 1.37. The van der Waals surface area contributed by atoms with E-state index in [1.54, 1.807) is 0 Å². The molecule has 1 aromatic rings. The number of carbonyl (C=O) groups excluding carboxylic acids is 1. The summed E-state index contributed by atoms with van der Waals surface area (Å²) in [4.78, 5) is 11.8. The molecular weight excluding hydrogens is 202 g/mol. The zero-order chi connectivity index (χ0) is 11.0. The number of rotatable bonds is 2. The second-order valence-electron chi connectivity index (χ2n) is 4.54. The largest absolute Gasteiger partial charge is 0.493 e. The van der Waals surface area contributed by atoms with Gasteiger partial charge in [0.15, 0.2) is 0 Å². The van der Waals surface area contributed by atoms with Crippen molar-refractivity contribution in [1.29, 1.82) is 0 Å². The molecule has 1 heterocycles. The lowest BCUT2D eigenvalue weighted by atomic mass is 9.85. The van der Waals surface area contributed by atoms with E-state index >= 15 is 0 Å². The summed E-state index contributed by atoms with van der Waals surface area (Å²) in [6.45, 7) is 0.759. The van der Waals surface area contributed by atoms with Crippen LogP contribution in [0.1, 0.15) is 24.8 Å². The lowest BCUT2D eigenvalue weighted by molar-refractivity contribution is -0.122. The van der Waals surface area contributed by atoms with Gasteiger partial charge in [0, 0.05) is 18.0 Å². The van der Waals surface area contributed by atoms with Crippen LogP contribution >= 0.6 is 0 Å². The Kier molecular flexibility index (Phi) is 2.31. The first kappa shape index (κ1) is 9.70. The molecule has 1 N–H and O–H groups in total. The molecular formula is C13H15NO2. The van der Waals surface area contributed by atoms with E-state index in [9.17, 15) is 4.79 Å². The quantitative estimate of drug-likeness (QED) is 0.825. The fourth-order valence-corrected chi connectivity index (χ4v) is 2.18. The zero-order valence-electron chi connectivity index (χ0n) is 9.16. The third-order valence-electron chi connectivity index (χ3n) is 3.43. The Morgan fingerprint density at radius 1 is 1.38 bits per heavy atom. The lowest BCUT2D eigenvalue weighted by Gasteiger charge is -2.24. The summed E-state index contributed by atoms with van der Waals surface area (Å²) >= 11 is 0. The number of anilines is 1. The summed E-state index contributed by atoms with van der Waals surface area (Å²) in [6.07, 6.45) is 4.22. The molecule has 3 heteroatoms. The van der Waals surface area contributed by atoms with Crippen molar-refractivity contribution in [3.05, 3.63) is 23.8 Å². The van der Waals surface area contributed by atoms with Crippen molar-refractivity contribution in [3.8, 4) is 5.75 Å². The Morgan fingerprint density at radius 3 is 3.00 bits per heavy atom. The number of nitrogens with one attached hydrogen (secondary N) is 1. The predicted octanol–water partition coefficient (Wildman–Crippen LogP) is 2.36. The van der Waals surface area contributed by atoms with Crippen molar-refractivity contribution in [2.24, 2.45) is 5.92 Å². The maximum absolute atomic E-state index is 11.8. The Labute approximate surface area is 94.8 Å². The molecule has 1 aromatic carbocycles. The van der Waals surface area contributed by atoms with E-state index in [4.69, 9.17) is 4.74 Å². The van der Waals surface area contributed by atoms with Gasteiger partial charge in [0.05, 0.1) is 6.61 Å². The van der Waals surface area contributed by atoms with Crippen LogP contribution in [0.3, 0.4) is 0 Å². The highest BCUT2D eigenvalue weighted by Gasteiger charge is 2.25. The molecule has 0 radical (unpaired) electrons. The average molecular weight is 217 g/mol. The molecule has 84 valence electrons. The van der Waals surface area contributed by atoms with E-state index in [-0.39, 0.29) is 11.8 Å². The van der Waals surface area contributed by atoms with E-state index < -0.39 is 0 Å². The molecule has 0 unspecified atom stereocenters. The van der Waals surface area contributed by atoms with Crippen LogP contribution in [0.15, 0.2) is 18.2 Å². The van der Waals surface area contributed by atoms with Gasteiger partial charge in [-0.1, -0.05) is 6.42 Å². The maximum Gasteiger partial charge on any atom is 0.227 e. The fourth-order valence-electron chi connectivity index (χ4n) is 2.18. The highest BCUT2D eigenvalue weighted by Crippen LogP contribution is 2.30. The van der Waals surface area contributed by atoms with Crippen molar-refractivity contribution >= 4 is 11.6 Å². The van der Waals surface area contributed by atoms with E-state index in [2.05, 4.69) is 5.32 Å². The number of carbonyl (C=O) groups is 1. The minimum atomic E-state index is 0.171. The van der Waals surface area contributed by atoms with Crippen LogP contribution in [0.5, 0.6) is 5.75 Å². The van der Waals surface area contributed by atoms with Gasteiger partial charge in [0.25, 0.3) is 0 Å². The predicted molar refractivity (Wildman–Crippen MR) is 61.6 cm³/mol. The molecule has 0 bridgehead atoms. The molecule has 3 nitrogen and oxygen atoms in total. The van der Waals surface area contributed by atoms with Gasteiger partial charge in [-0.3, -0.25) is 4.79 Å². The minimum Gasteiger partial charge on any atom is -0.493 e. The van der Waals surface area contributed by atoms with Crippen molar-refractivity contribution < 1.29 is 9.53 Å². The molecule has 1 aliphatic carbocycles. The third-order valence-corrected chi connectivity index (χ3v) is 3.43. The SMILES string of the molecule is O=C(Nc1ccc2c(c1)CCO2)C1CCC1. The molecule has 0 atom stereocenters. The highest BCUT2D eigenvalue weighted by molar-refractivity contribution is 5.93. The second-order valence-corrected chi connectivity index (χ2v) is 4.54. The molecule has 0 spiro atoms. The molecule has 1 saturated carbocycles. The summed E-state index contributed by atoms with van der Waals surface area (Å²) in [6, 6.07) is 5.89. The number of hydrogen-bond acceptors (Lipinski definition) is 2. The maximum atomic E-state index is 11.8. The van der Waals surface area contributed by atoms with Crippen molar-refractivity contribution in [2.45, 2.75) is 25.7 Å². The van der Waals surface area contributed by atoms with Crippen LogP contribution in [0.25, 0.3) is 0 Å². The Balaban J connectivity index is 1.72. The lowest BCUT2D eigenvalue weighted by Crippen LogP contribution is -2.28. The fraction of sp³-hybridized carbons (Fsp3) is 0.462. The molecule has 2 aliphatic rings. The van der Waals surface area contributed by atoms with Crippen LogP contribution < -0.4 is 10.1 Å². The monoisotopic (exact) mass is 217 g/mol. The van der Waals surface area contributed by atoms with Gasteiger partial charge < -0.3 is 10.1 Å². The molecule has 3 rings (SSSR count). The molecule has 0 saturated heterocycles. The standard InChI is InChI=1S/C13H15NO2/c15-13(9-2-1-3-9)14-11-4-5-12-10(8-11)6-7-16-12/h4-5,8-9H,1-3,6-7H2,(H,14,15). The summed E-state index contributed by atoms with van der Waals surface area (Å²) in [5, 5.41) is 2.98. The number of ether oxygens (including phenoxy) is 1. The third kappa shape index (κ3) is 1.66.